The van der Waals surface area contributed by atoms with Crippen LogP contribution in [0.15, 0.2) is 0 Å². The van der Waals surface area contributed by atoms with E-state index in [1.807, 2.05) is 0 Å². The first-order valence-electron chi connectivity index (χ1n) is 1.81. The molecule has 0 radical (unpaired) electrons. The minimum absolute atomic E-state index is 0.0972. The summed E-state index contributed by atoms with van der Waals surface area (Å²) < 4.78 is 8.70. The van der Waals surface area contributed by atoms with E-state index in [9.17, 15) is 0 Å². The minimum Gasteiger partial charge on any atom is -0.395 e. The number of hydrogen-bond acceptors (Lipinski definition) is 3. The van der Waals surface area contributed by atoms with Crippen molar-refractivity contribution in [3.05, 3.63) is 0 Å². The summed E-state index contributed by atoms with van der Waals surface area (Å²) in [7, 11) is -2.87. The Labute approximate surface area is 47.7 Å². The number of rotatable bonds is 1. The highest BCUT2D eigenvalue weighted by molar-refractivity contribution is 7.30. The molecule has 0 aromatic carbocycles. The molecule has 0 aromatic heterocycles. The van der Waals surface area contributed by atoms with Crippen molar-refractivity contribution in [2.75, 3.05) is 13.2 Å². The summed E-state index contributed by atoms with van der Waals surface area (Å²) in [6.45, 7) is 0.472. The maximum absolute atomic E-state index is 8.70. The van der Waals surface area contributed by atoms with E-state index < -0.39 is 8.25 Å². The zero-order chi connectivity index (χ0) is 6.99. The van der Waals surface area contributed by atoms with Gasteiger partial charge < -0.3 is 10.8 Å². The van der Waals surface area contributed by atoms with Crippen molar-refractivity contribution in [1.82, 2.24) is 0 Å². The second-order valence-corrected chi connectivity index (χ2v) is 1.27. The Morgan fingerprint density at radius 1 is 1.50 bits per heavy atom. The zero-order valence-corrected chi connectivity index (χ0v) is 5.08. The molecule has 0 bridgehead atoms. The van der Waals surface area contributed by atoms with Crippen LogP contribution in [-0.4, -0.2) is 28.0 Å². The summed E-state index contributed by atoms with van der Waals surface area (Å²) in [4.78, 5) is 14.2. The van der Waals surface area contributed by atoms with E-state index in [0.29, 0.717) is 6.54 Å². The molecule has 50 valence electrons. The van der Waals surface area contributed by atoms with E-state index in [0.717, 1.165) is 0 Å². The molecule has 0 saturated heterocycles. The second-order valence-electron chi connectivity index (χ2n) is 0.765. The lowest BCUT2D eigenvalue weighted by molar-refractivity contribution is 0.306. The van der Waals surface area contributed by atoms with Crippen molar-refractivity contribution in [3.8, 4) is 0 Å². The average molecular weight is 142 g/mol. The third-order valence-corrected chi connectivity index (χ3v) is 0.129. The molecule has 0 amide bonds. The number of hydrogen-bond donors (Lipinski definition) is 4. The van der Waals surface area contributed by atoms with Crippen molar-refractivity contribution >= 4 is 8.25 Å². The quantitative estimate of drug-likeness (QED) is 0.336. The van der Waals surface area contributed by atoms with E-state index in [-0.39, 0.29) is 6.61 Å². The summed E-state index contributed by atoms with van der Waals surface area (Å²) >= 11 is 0. The fourth-order valence-corrected chi connectivity index (χ4v) is 0. The summed E-state index contributed by atoms with van der Waals surface area (Å²) in [6.07, 6.45) is 0. The lowest BCUT2D eigenvalue weighted by Crippen LogP contribution is -2.02. The van der Waals surface area contributed by atoms with Gasteiger partial charge in [0.1, 0.15) is 0 Å². The molecule has 8 heavy (non-hydrogen) atoms. The Morgan fingerprint density at radius 3 is 1.62 bits per heavy atom. The van der Waals surface area contributed by atoms with Gasteiger partial charge in [-0.3, -0.25) is 0 Å². The predicted octanol–water partition coefficient (Wildman–Crippen LogP) is -1.43. The van der Waals surface area contributed by atoms with Gasteiger partial charge in [0.2, 0.25) is 0 Å². The molecule has 0 aliphatic rings. The minimum atomic E-state index is -2.87. The fraction of sp³-hybridized carbons (Fsp3) is 1.00. The summed E-state index contributed by atoms with van der Waals surface area (Å²) in [5.74, 6) is 0. The molecule has 0 aliphatic carbocycles. The van der Waals surface area contributed by atoms with E-state index in [4.69, 9.17) is 25.2 Å². The van der Waals surface area contributed by atoms with Crippen LogP contribution in [0.2, 0.25) is 0 Å². The van der Waals surface area contributed by atoms with Crippen molar-refractivity contribution in [1.29, 1.82) is 0 Å². The third kappa shape index (κ3) is 164. The lowest BCUT2D eigenvalue weighted by atomic mass is 10.8. The average Bonchev–Trinajstić information content (AvgIpc) is 1.65. The van der Waals surface area contributed by atoms with Gasteiger partial charge in [-0.2, -0.15) is 0 Å². The van der Waals surface area contributed by atoms with Gasteiger partial charge in [0.05, 0.1) is 6.61 Å². The topological polar surface area (TPSA) is 104 Å². The second kappa shape index (κ2) is 10.0. The highest BCUT2D eigenvalue weighted by Gasteiger charge is 1.93. The van der Waals surface area contributed by atoms with Crippen LogP contribution < -0.4 is 5.73 Å². The molecule has 0 spiro atoms. The van der Waals surface area contributed by atoms with Gasteiger partial charge >= 0.3 is 8.25 Å². The van der Waals surface area contributed by atoms with Crippen LogP contribution in [-0.2, 0) is 4.57 Å². The highest BCUT2D eigenvalue weighted by Crippen LogP contribution is 1.98. The molecular weight excluding hydrogens is 133 g/mol. The first-order valence-corrected chi connectivity index (χ1v) is 2.97. The van der Waals surface area contributed by atoms with Crippen LogP contribution in [0.3, 0.4) is 0 Å². The van der Waals surface area contributed by atoms with Gasteiger partial charge in [0.15, 0.2) is 0 Å². The highest BCUT2D eigenvalue weighted by atomic mass is 31.1. The van der Waals surface area contributed by atoms with Gasteiger partial charge in [-0.15, -0.1) is 9.79 Å². The fourth-order valence-electron chi connectivity index (χ4n) is 0. The number of aliphatic hydroxyl groups excluding tert-OH is 1. The maximum atomic E-state index is 8.70. The van der Waals surface area contributed by atoms with Gasteiger partial charge in [-0.25, -0.2) is 0 Å². The molecule has 0 aromatic rings. The SMILES string of the molecule is NCCO.O=[P+](O)O. The summed E-state index contributed by atoms with van der Waals surface area (Å²) in [5, 5.41) is 7.75. The molecule has 0 saturated carbocycles. The zero-order valence-electron chi connectivity index (χ0n) is 4.19. The molecule has 5 nitrogen and oxygen atoms in total. The Balaban J connectivity index is 0. The van der Waals surface area contributed by atoms with E-state index >= 15 is 0 Å². The molecule has 0 unspecified atom stereocenters. The summed E-state index contributed by atoms with van der Waals surface area (Å²) in [6, 6.07) is 0. The molecule has 0 aliphatic heterocycles. The largest absolute Gasteiger partial charge is 0.692 e. The van der Waals surface area contributed by atoms with Gasteiger partial charge in [-0.05, 0) is 0 Å². The van der Waals surface area contributed by atoms with Crippen LogP contribution in [0, 0.1) is 0 Å². The van der Waals surface area contributed by atoms with Gasteiger partial charge in [0.25, 0.3) is 0 Å². The van der Waals surface area contributed by atoms with Gasteiger partial charge in [0, 0.05) is 11.1 Å². The Morgan fingerprint density at radius 2 is 1.62 bits per heavy atom. The van der Waals surface area contributed by atoms with Crippen LogP contribution in [0.25, 0.3) is 0 Å². The third-order valence-electron chi connectivity index (χ3n) is 0.129. The van der Waals surface area contributed by atoms with Crippen molar-refractivity contribution in [3.63, 3.8) is 0 Å². The van der Waals surface area contributed by atoms with Crippen molar-refractivity contribution < 1.29 is 19.5 Å². The molecule has 0 heterocycles. The predicted molar refractivity (Wildman–Crippen MR) is 28.2 cm³/mol. The monoisotopic (exact) mass is 142 g/mol. The van der Waals surface area contributed by atoms with E-state index in [1.165, 1.54) is 0 Å². The first-order chi connectivity index (χ1) is 3.65. The van der Waals surface area contributed by atoms with E-state index in [2.05, 4.69) is 0 Å². The summed E-state index contributed by atoms with van der Waals surface area (Å²) in [5.41, 5.74) is 4.78. The molecule has 5 N–H and O–H groups in total. The molecule has 0 fully saturated rings. The molecular formula is C2H9NO4P+. The van der Waals surface area contributed by atoms with Crippen LogP contribution in [0.1, 0.15) is 0 Å². The molecule has 0 atom stereocenters. The Hall–Kier alpha value is -0.0600. The molecule has 0 rings (SSSR count). The van der Waals surface area contributed by atoms with Gasteiger partial charge in [-0.1, -0.05) is 0 Å². The Kier molecular flexibility index (Phi) is 13.6. The standard InChI is InChI=1S/C2H7NO.HO3P/c3-1-2-4;1-4(2)3/h4H,1-3H2;(H-,1,2,3)/p+1. The lowest BCUT2D eigenvalue weighted by Gasteiger charge is -1.71. The number of aliphatic hydroxyl groups is 1. The first kappa shape index (κ1) is 10.8. The van der Waals surface area contributed by atoms with Crippen LogP contribution in [0.4, 0.5) is 0 Å². The van der Waals surface area contributed by atoms with E-state index in [1.54, 1.807) is 0 Å². The number of nitrogens with two attached hydrogens (primary N) is 1. The van der Waals surface area contributed by atoms with Crippen LogP contribution >= 0.6 is 8.25 Å². The Bertz CT molecular complexity index is 52.0. The maximum Gasteiger partial charge on any atom is 0.692 e. The van der Waals surface area contributed by atoms with Crippen molar-refractivity contribution in [2.24, 2.45) is 5.73 Å². The normalized spacial score (nSPS) is 7.00. The molecule has 6 heteroatoms. The van der Waals surface area contributed by atoms with Crippen molar-refractivity contribution in [2.45, 2.75) is 0 Å². The van der Waals surface area contributed by atoms with Crippen LogP contribution in [0.5, 0.6) is 0 Å². The smallest absolute Gasteiger partial charge is 0.395 e.